The Bertz CT molecular complexity index is 432. The third-order valence-corrected chi connectivity index (χ3v) is 2.86. The van der Waals surface area contributed by atoms with Crippen molar-refractivity contribution >= 4 is 17.2 Å². The molecular formula is C8H8FN3S. The van der Waals surface area contributed by atoms with Crippen molar-refractivity contribution in [1.82, 2.24) is 10.2 Å². The molecule has 2 heterocycles. The number of hydrogen-bond donors (Lipinski definition) is 2. The van der Waals surface area contributed by atoms with E-state index < -0.39 is 5.82 Å². The number of H-pyrrole nitrogens is 1. The normalized spacial score (nSPS) is 10.6. The lowest BCUT2D eigenvalue weighted by Gasteiger charge is -1.93. The molecule has 0 saturated heterocycles. The van der Waals surface area contributed by atoms with E-state index >= 15 is 0 Å². The zero-order valence-corrected chi connectivity index (χ0v) is 7.78. The van der Waals surface area contributed by atoms with Gasteiger partial charge in [0, 0.05) is 0 Å². The topological polar surface area (TPSA) is 54.7 Å². The molecule has 0 atom stereocenters. The monoisotopic (exact) mass is 197 g/mol. The van der Waals surface area contributed by atoms with Crippen LogP contribution >= 0.6 is 11.3 Å². The maximum atomic E-state index is 13.3. The van der Waals surface area contributed by atoms with Crippen LogP contribution in [0.2, 0.25) is 0 Å². The van der Waals surface area contributed by atoms with Crippen LogP contribution < -0.4 is 5.73 Å². The number of halogens is 1. The van der Waals surface area contributed by atoms with Crippen molar-refractivity contribution in [2.75, 3.05) is 5.73 Å². The molecule has 2 aromatic heterocycles. The second-order valence-corrected chi connectivity index (χ2v) is 3.65. The number of nitrogens with zero attached hydrogens (tertiary/aromatic N) is 1. The van der Waals surface area contributed by atoms with Crippen LogP contribution in [0.4, 0.5) is 10.2 Å². The lowest BCUT2D eigenvalue weighted by Crippen LogP contribution is -1.87. The van der Waals surface area contributed by atoms with E-state index in [1.54, 1.807) is 0 Å². The van der Waals surface area contributed by atoms with Gasteiger partial charge in [-0.3, -0.25) is 5.10 Å². The van der Waals surface area contributed by atoms with Gasteiger partial charge in [-0.25, -0.2) is 4.39 Å². The molecule has 0 unspecified atom stereocenters. The maximum absolute atomic E-state index is 13.3. The van der Waals surface area contributed by atoms with E-state index in [0.717, 1.165) is 10.4 Å². The molecular weight excluding hydrogens is 189 g/mol. The third kappa shape index (κ3) is 1.21. The molecule has 5 heteroatoms. The number of thiophene rings is 1. The SMILES string of the molecule is Cc1ccsc1-c1[nH]nc(N)c1F. The fourth-order valence-electron chi connectivity index (χ4n) is 1.12. The summed E-state index contributed by atoms with van der Waals surface area (Å²) in [6.45, 7) is 1.92. The van der Waals surface area contributed by atoms with Crippen molar-refractivity contribution in [3.63, 3.8) is 0 Å². The summed E-state index contributed by atoms with van der Waals surface area (Å²) >= 11 is 1.46. The van der Waals surface area contributed by atoms with Crippen molar-refractivity contribution in [3.8, 4) is 10.6 Å². The summed E-state index contributed by atoms with van der Waals surface area (Å²) in [4.78, 5) is 0.849. The van der Waals surface area contributed by atoms with E-state index in [1.807, 2.05) is 18.4 Å². The molecule has 0 radical (unpaired) electrons. The van der Waals surface area contributed by atoms with Gasteiger partial charge in [-0.05, 0) is 23.9 Å². The summed E-state index contributed by atoms with van der Waals surface area (Å²) < 4.78 is 13.3. The number of aromatic amines is 1. The van der Waals surface area contributed by atoms with E-state index in [9.17, 15) is 4.39 Å². The first-order valence-corrected chi connectivity index (χ1v) is 4.62. The van der Waals surface area contributed by atoms with Crippen LogP contribution in [0.3, 0.4) is 0 Å². The minimum atomic E-state index is -0.467. The van der Waals surface area contributed by atoms with Gasteiger partial charge in [0.25, 0.3) is 0 Å². The van der Waals surface area contributed by atoms with Crippen molar-refractivity contribution in [3.05, 3.63) is 22.8 Å². The van der Waals surface area contributed by atoms with Gasteiger partial charge in [0.2, 0.25) is 0 Å². The Morgan fingerprint density at radius 3 is 2.85 bits per heavy atom. The number of nitrogen functional groups attached to an aromatic ring is 1. The van der Waals surface area contributed by atoms with Crippen molar-refractivity contribution in [2.24, 2.45) is 0 Å². The van der Waals surface area contributed by atoms with Gasteiger partial charge in [-0.15, -0.1) is 11.3 Å². The smallest absolute Gasteiger partial charge is 0.193 e. The standard InChI is InChI=1S/C8H8FN3S/c1-4-2-3-13-7(4)6-5(9)8(10)12-11-6/h2-3H,1H3,(H3,10,11,12). The highest BCUT2D eigenvalue weighted by atomic mass is 32.1. The number of hydrogen-bond acceptors (Lipinski definition) is 3. The molecule has 3 nitrogen and oxygen atoms in total. The molecule has 2 aromatic rings. The number of rotatable bonds is 1. The summed E-state index contributed by atoms with van der Waals surface area (Å²) in [6.07, 6.45) is 0. The highest BCUT2D eigenvalue weighted by Gasteiger charge is 2.14. The first-order chi connectivity index (χ1) is 6.20. The van der Waals surface area contributed by atoms with E-state index in [2.05, 4.69) is 10.2 Å². The van der Waals surface area contributed by atoms with E-state index in [-0.39, 0.29) is 5.82 Å². The van der Waals surface area contributed by atoms with Crippen molar-refractivity contribution in [1.29, 1.82) is 0 Å². The van der Waals surface area contributed by atoms with E-state index in [4.69, 9.17) is 5.73 Å². The summed E-state index contributed by atoms with van der Waals surface area (Å²) in [5.41, 5.74) is 6.68. The Labute approximate surface area is 78.4 Å². The number of aromatic nitrogens is 2. The van der Waals surface area contributed by atoms with Gasteiger partial charge in [0.15, 0.2) is 11.6 Å². The molecule has 0 spiro atoms. The van der Waals surface area contributed by atoms with Gasteiger partial charge >= 0.3 is 0 Å². The fourth-order valence-corrected chi connectivity index (χ4v) is 2.04. The summed E-state index contributed by atoms with van der Waals surface area (Å²) in [6, 6.07) is 1.93. The van der Waals surface area contributed by atoms with E-state index in [0.29, 0.717) is 5.69 Å². The van der Waals surface area contributed by atoms with E-state index in [1.165, 1.54) is 11.3 Å². The van der Waals surface area contributed by atoms with Crippen LogP contribution in [0.15, 0.2) is 11.4 Å². The lowest BCUT2D eigenvalue weighted by atomic mass is 10.2. The molecule has 0 aliphatic carbocycles. The quantitative estimate of drug-likeness (QED) is 0.736. The van der Waals surface area contributed by atoms with Gasteiger partial charge < -0.3 is 5.73 Å². The predicted octanol–water partition coefficient (Wildman–Crippen LogP) is 2.17. The molecule has 0 aromatic carbocycles. The summed E-state index contributed by atoms with van der Waals surface area (Å²) in [5.74, 6) is -0.548. The summed E-state index contributed by atoms with van der Waals surface area (Å²) in [7, 11) is 0. The first-order valence-electron chi connectivity index (χ1n) is 3.74. The van der Waals surface area contributed by atoms with Gasteiger partial charge in [-0.2, -0.15) is 5.10 Å². The molecule has 2 rings (SSSR count). The zero-order chi connectivity index (χ0) is 9.42. The first kappa shape index (κ1) is 8.25. The number of anilines is 1. The predicted molar refractivity (Wildman–Crippen MR) is 51.0 cm³/mol. The minimum absolute atomic E-state index is 0.0807. The average Bonchev–Trinajstić information content (AvgIpc) is 2.62. The van der Waals surface area contributed by atoms with Crippen LogP contribution in [0, 0.1) is 12.7 Å². The molecule has 0 amide bonds. The molecule has 0 bridgehead atoms. The Morgan fingerprint density at radius 1 is 1.62 bits per heavy atom. The molecule has 0 aliphatic rings. The molecule has 0 fully saturated rings. The van der Waals surface area contributed by atoms with Crippen molar-refractivity contribution in [2.45, 2.75) is 6.92 Å². The number of nitrogens with two attached hydrogens (primary N) is 1. The summed E-state index contributed by atoms with van der Waals surface area (Å²) in [5, 5.41) is 8.08. The van der Waals surface area contributed by atoms with Crippen LogP contribution in [-0.2, 0) is 0 Å². The minimum Gasteiger partial charge on any atom is -0.380 e. The highest BCUT2D eigenvalue weighted by molar-refractivity contribution is 7.13. The largest absolute Gasteiger partial charge is 0.380 e. The van der Waals surface area contributed by atoms with Crippen LogP contribution in [0.5, 0.6) is 0 Å². The maximum Gasteiger partial charge on any atom is 0.193 e. The average molecular weight is 197 g/mol. The van der Waals surface area contributed by atoms with Gasteiger partial charge in [0.1, 0.15) is 5.69 Å². The zero-order valence-electron chi connectivity index (χ0n) is 6.97. The second kappa shape index (κ2) is 2.85. The Kier molecular flexibility index (Phi) is 1.81. The molecule has 0 saturated carbocycles. The van der Waals surface area contributed by atoms with Crippen LogP contribution in [0.1, 0.15) is 5.56 Å². The fraction of sp³-hybridized carbons (Fsp3) is 0.125. The van der Waals surface area contributed by atoms with Crippen LogP contribution in [0.25, 0.3) is 10.6 Å². The Balaban J connectivity index is 2.59. The number of aryl methyl sites for hydroxylation is 1. The van der Waals surface area contributed by atoms with Gasteiger partial charge in [0.05, 0.1) is 4.88 Å². The molecule has 13 heavy (non-hydrogen) atoms. The van der Waals surface area contributed by atoms with Crippen LogP contribution in [-0.4, -0.2) is 10.2 Å². The second-order valence-electron chi connectivity index (χ2n) is 2.73. The lowest BCUT2D eigenvalue weighted by molar-refractivity contribution is 0.637. The highest BCUT2D eigenvalue weighted by Crippen LogP contribution is 2.30. The van der Waals surface area contributed by atoms with Crippen molar-refractivity contribution < 1.29 is 4.39 Å². The number of nitrogens with one attached hydrogen (secondary N) is 1. The molecule has 0 aliphatic heterocycles. The van der Waals surface area contributed by atoms with Gasteiger partial charge in [-0.1, -0.05) is 0 Å². The third-order valence-electron chi connectivity index (χ3n) is 1.82. The Morgan fingerprint density at radius 2 is 2.38 bits per heavy atom. The molecule has 3 N–H and O–H groups in total. The Hall–Kier alpha value is -1.36. The molecule has 68 valence electrons.